The van der Waals surface area contributed by atoms with Gasteiger partial charge in [-0.1, -0.05) is 0 Å². The van der Waals surface area contributed by atoms with Crippen LogP contribution in [0.1, 0.15) is 42.9 Å². The predicted octanol–water partition coefficient (Wildman–Crippen LogP) is 3.70. The molecule has 0 atom stereocenters. The minimum atomic E-state index is -4.41. The average molecular weight is 392 g/mol. The Morgan fingerprint density at radius 1 is 1.04 bits per heavy atom. The maximum atomic E-state index is 13.0. The van der Waals surface area contributed by atoms with E-state index in [1.54, 1.807) is 0 Å². The number of piperidine rings is 1. The van der Waals surface area contributed by atoms with Gasteiger partial charge in [0.25, 0.3) is 0 Å². The first-order chi connectivity index (χ1) is 13.5. The van der Waals surface area contributed by atoms with Gasteiger partial charge in [-0.15, -0.1) is 0 Å². The van der Waals surface area contributed by atoms with Gasteiger partial charge in [0.1, 0.15) is 11.6 Å². The number of pyridine rings is 1. The monoisotopic (exact) mass is 392 g/mol. The number of nitrogens with one attached hydrogen (secondary N) is 2. The van der Waals surface area contributed by atoms with Gasteiger partial charge in [0.05, 0.1) is 11.3 Å². The van der Waals surface area contributed by atoms with Gasteiger partial charge in [-0.05, 0) is 50.9 Å². The molecule has 0 spiro atoms. The molecule has 0 saturated carbocycles. The summed E-state index contributed by atoms with van der Waals surface area (Å²) in [6.07, 6.45) is 0.903. The topological polar surface area (TPSA) is 66.0 Å². The van der Waals surface area contributed by atoms with E-state index in [0.29, 0.717) is 17.7 Å². The molecular weight excluding hydrogens is 369 g/mol. The van der Waals surface area contributed by atoms with E-state index in [9.17, 15) is 13.2 Å². The standard InChI is InChI=1S/C19H23F3N6/c20-19(21,22)14-5-8-24-16(11-14)26-17-12-15(13-3-6-23-7-4-13)25-18(27-17)28-9-1-2-10-28/h5,8,11-13,23H,1-4,6-7,9-10H2,(H,24,25,26,27). The summed E-state index contributed by atoms with van der Waals surface area (Å²) in [6.45, 7) is 3.67. The van der Waals surface area contributed by atoms with E-state index in [1.807, 2.05) is 6.07 Å². The van der Waals surface area contributed by atoms with Crippen molar-refractivity contribution in [3.8, 4) is 0 Å². The molecule has 9 heteroatoms. The summed E-state index contributed by atoms with van der Waals surface area (Å²) in [5.41, 5.74) is 0.199. The van der Waals surface area contributed by atoms with Gasteiger partial charge in [-0.3, -0.25) is 0 Å². The van der Waals surface area contributed by atoms with Crippen LogP contribution in [0.25, 0.3) is 0 Å². The number of rotatable bonds is 4. The van der Waals surface area contributed by atoms with E-state index in [1.165, 1.54) is 0 Å². The number of nitrogens with zero attached hydrogens (tertiary/aromatic N) is 4. The number of halogens is 3. The normalized spacial score (nSPS) is 18.5. The summed E-state index contributed by atoms with van der Waals surface area (Å²) < 4.78 is 39.0. The van der Waals surface area contributed by atoms with E-state index in [0.717, 1.165) is 75.9 Å². The highest BCUT2D eigenvalue weighted by Gasteiger charge is 2.31. The van der Waals surface area contributed by atoms with Gasteiger partial charge in [0.15, 0.2) is 0 Å². The fourth-order valence-corrected chi connectivity index (χ4v) is 3.71. The van der Waals surface area contributed by atoms with Crippen LogP contribution in [0.2, 0.25) is 0 Å². The van der Waals surface area contributed by atoms with Crippen LogP contribution in [-0.2, 0) is 6.18 Å². The van der Waals surface area contributed by atoms with Crippen molar-refractivity contribution in [2.75, 3.05) is 36.4 Å². The fourth-order valence-electron chi connectivity index (χ4n) is 3.71. The van der Waals surface area contributed by atoms with Gasteiger partial charge >= 0.3 is 6.18 Å². The van der Waals surface area contributed by atoms with Gasteiger partial charge in [0.2, 0.25) is 5.95 Å². The van der Waals surface area contributed by atoms with Crippen LogP contribution in [0.5, 0.6) is 0 Å². The molecule has 2 aliphatic rings. The van der Waals surface area contributed by atoms with Gasteiger partial charge in [0, 0.05) is 31.3 Å². The molecule has 2 N–H and O–H groups in total. The lowest BCUT2D eigenvalue weighted by molar-refractivity contribution is -0.137. The Bertz CT molecular complexity index is 814. The zero-order valence-corrected chi connectivity index (χ0v) is 15.5. The maximum Gasteiger partial charge on any atom is 0.416 e. The Balaban J connectivity index is 1.64. The lowest BCUT2D eigenvalue weighted by Crippen LogP contribution is -2.28. The molecule has 0 amide bonds. The third kappa shape index (κ3) is 4.35. The first-order valence-corrected chi connectivity index (χ1v) is 9.64. The molecule has 6 nitrogen and oxygen atoms in total. The van der Waals surface area contributed by atoms with Gasteiger partial charge < -0.3 is 15.5 Å². The van der Waals surface area contributed by atoms with E-state index in [2.05, 4.69) is 25.5 Å². The van der Waals surface area contributed by atoms with Crippen LogP contribution >= 0.6 is 0 Å². The van der Waals surface area contributed by atoms with Crippen LogP contribution in [-0.4, -0.2) is 41.1 Å². The molecule has 0 aromatic carbocycles. The molecule has 0 aliphatic carbocycles. The Hall–Kier alpha value is -2.42. The largest absolute Gasteiger partial charge is 0.416 e. The lowest BCUT2D eigenvalue weighted by Gasteiger charge is -2.24. The van der Waals surface area contributed by atoms with E-state index in [4.69, 9.17) is 4.98 Å². The van der Waals surface area contributed by atoms with Crippen molar-refractivity contribution in [3.05, 3.63) is 35.7 Å². The molecule has 150 valence electrons. The van der Waals surface area contributed by atoms with Crippen molar-refractivity contribution in [1.82, 2.24) is 20.3 Å². The van der Waals surface area contributed by atoms with Crippen LogP contribution < -0.4 is 15.5 Å². The molecular formula is C19H23F3N6. The zero-order valence-electron chi connectivity index (χ0n) is 15.5. The molecule has 0 bridgehead atoms. The van der Waals surface area contributed by atoms with Crippen LogP contribution in [0.3, 0.4) is 0 Å². The molecule has 2 fully saturated rings. The molecule has 2 aliphatic heterocycles. The van der Waals surface area contributed by atoms with Crippen molar-refractivity contribution < 1.29 is 13.2 Å². The number of anilines is 3. The van der Waals surface area contributed by atoms with Crippen LogP contribution in [0.15, 0.2) is 24.4 Å². The van der Waals surface area contributed by atoms with Gasteiger partial charge in [-0.2, -0.15) is 18.2 Å². The second-order valence-corrected chi connectivity index (χ2v) is 7.25. The number of hydrogen-bond acceptors (Lipinski definition) is 6. The SMILES string of the molecule is FC(F)(F)c1ccnc(Nc2cc(C3CCNCC3)nc(N3CCCC3)n2)c1. The average Bonchev–Trinajstić information content (AvgIpc) is 3.23. The minimum absolute atomic E-state index is 0.122. The highest BCUT2D eigenvalue weighted by atomic mass is 19.4. The van der Waals surface area contributed by atoms with Crippen molar-refractivity contribution >= 4 is 17.6 Å². The van der Waals surface area contributed by atoms with Gasteiger partial charge in [-0.25, -0.2) is 9.97 Å². The molecule has 28 heavy (non-hydrogen) atoms. The Kier molecular flexibility index (Phi) is 5.34. The molecule has 2 saturated heterocycles. The second-order valence-electron chi connectivity index (χ2n) is 7.25. The van der Waals surface area contributed by atoms with E-state index < -0.39 is 11.7 Å². The number of aromatic nitrogens is 3. The number of hydrogen-bond donors (Lipinski definition) is 2. The van der Waals surface area contributed by atoms with E-state index in [-0.39, 0.29) is 5.82 Å². The Morgan fingerprint density at radius 2 is 1.79 bits per heavy atom. The summed E-state index contributed by atoms with van der Waals surface area (Å²) in [5.74, 6) is 1.57. The lowest BCUT2D eigenvalue weighted by atomic mass is 9.94. The number of alkyl halides is 3. The summed E-state index contributed by atoms with van der Waals surface area (Å²) in [6, 6.07) is 3.81. The summed E-state index contributed by atoms with van der Waals surface area (Å²) in [7, 11) is 0. The highest BCUT2D eigenvalue weighted by Crippen LogP contribution is 2.32. The predicted molar refractivity (Wildman–Crippen MR) is 101 cm³/mol. The molecule has 4 heterocycles. The second kappa shape index (κ2) is 7.90. The molecule has 4 rings (SSSR count). The van der Waals surface area contributed by atoms with E-state index >= 15 is 0 Å². The molecule has 2 aromatic rings. The summed E-state index contributed by atoms with van der Waals surface area (Å²) >= 11 is 0. The summed E-state index contributed by atoms with van der Waals surface area (Å²) in [5, 5.41) is 6.30. The third-order valence-corrected chi connectivity index (χ3v) is 5.22. The van der Waals surface area contributed by atoms with Crippen molar-refractivity contribution in [1.29, 1.82) is 0 Å². The highest BCUT2D eigenvalue weighted by molar-refractivity contribution is 5.55. The molecule has 2 aromatic heterocycles. The first kappa shape index (κ1) is 18.9. The zero-order chi connectivity index (χ0) is 19.6. The maximum absolute atomic E-state index is 13.0. The van der Waals surface area contributed by atoms with Crippen molar-refractivity contribution in [2.24, 2.45) is 0 Å². The molecule has 0 radical (unpaired) electrons. The van der Waals surface area contributed by atoms with Crippen molar-refractivity contribution in [3.63, 3.8) is 0 Å². The van der Waals surface area contributed by atoms with Crippen LogP contribution in [0.4, 0.5) is 30.8 Å². The smallest absolute Gasteiger partial charge is 0.341 e. The minimum Gasteiger partial charge on any atom is -0.341 e. The molecule has 0 unspecified atom stereocenters. The Morgan fingerprint density at radius 3 is 2.50 bits per heavy atom. The van der Waals surface area contributed by atoms with Crippen molar-refractivity contribution in [2.45, 2.75) is 37.8 Å². The third-order valence-electron chi connectivity index (χ3n) is 5.22. The first-order valence-electron chi connectivity index (χ1n) is 9.64. The Labute approximate surface area is 161 Å². The fraction of sp³-hybridized carbons (Fsp3) is 0.526. The quantitative estimate of drug-likeness (QED) is 0.827. The van der Waals surface area contributed by atoms with Crippen LogP contribution in [0, 0.1) is 0 Å². The summed E-state index contributed by atoms with van der Waals surface area (Å²) in [4.78, 5) is 15.5.